The van der Waals surface area contributed by atoms with Gasteiger partial charge < -0.3 is 9.30 Å². The van der Waals surface area contributed by atoms with E-state index in [1.54, 1.807) is 10.6 Å². The summed E-state index contributed by atoms with van der Waals surface area (Å²) in [6.45, 7) is 7.44. The number of unbranched alkanes of at least 4 members (excludes halogenated alkanes) is 4. The van der Waals surface area contributed by atoms with Crippen LogP contribution in [-0.2, 0) is 22.5 Å². The summed E-state index contributed by atoms with van der Waals surface area (Å²) in [5.74, 6) is 0.375. The van der Waals surface area contributed by atoms with Crippen molar-refractivity contribution in [3.63, 3.8) is 0 Å². The lowest BCUT2D eigenvalue weighted by Gasteiger charge is -2.16. The molecule has 7 heteroatoms. The van der Waals surface area contributed by atoms with Crippen molar-refractivity contribution in [2.45, 2.75) is 78.7 Å². The molecule has 3 rings (SSSR count). The molecule has 1 aromatic carbocycles. The average molecular weight is 472 g/mol. The predicted octanol–water partition coefficient (Wildman–Crippen LogP) is 5.98. The summed E-state index contributed by atoms with van der Waals surface area (Å²) in [6, 6.07) is 7.44. The minimum Gasteiger partial charge on any atom is -0.466 e. The largest absolute Gasteiger partial charge is 0.466 e. The molecule has 178 valence electrons. The van der Waals surface area contributed by atoms with Crippen LogP contribution in [0.1, 0.15) is 70.1 Å². The standard InChI is InChI=1S/C26H34ClN3O3/c1-4-6-8-16-29-19(3)22(14-15-24(31)33-17-9-7-5-2)25(32)30-18-23(28-26(29)30)20-10-12-21(27)13-11-20/h10-13,18H,4-9,14-17H2,1-3H3. The highest BCUT2D eigenvalue weighted by Crippen LogP contribution is 2.22. The number of aromatic nitrogens is 3. The molecule has 0 saturated heterocycles. The minimum atomic E-state index is -0.255. The van der Waals surface area contributed by atoms with Gasteiger partial charge in [0.25, 0.3) is 5.56 Å². The van der Waals surface area contributed by atoms with Gasteiger partial charge >= 0.3 is 5.97 Å². The molecular formula is C26H34ClN3O3. The quantitative estimate of drug-likeness (QED) is 0.240. The molecule has 0 spiro atoms. The van der Waals surface area contributed by atoms with Crippen molar-refractivity contribution >= 4 is 23.3 Å². The van der Waals surface area contributed by atoms with Gasteiger partial charge in [-0.3, -0.25) is 14.0 Å². The molecule has 0 saturated carbocycles. The first-order chi connectivity index (χ1) is 16.0. The van der Waals surface area contributed by atoms with E-state index in [0.717, 1.165) is 62.0 Å². The number of esters is 1. The Morgan fingerprint density at radius 1 is 1.06 bits per heavy atom. The first-order valence-corrected chi connectivity index (χ1v) is 12.4. The lowest BCUT2D eigenvalue weighted by atomic mass is 10.1. The predicted molar refractivity (Wildman–Crippen MR) is 133 cm³/mol. The van der Waals surface area contributed by atoms with Crippen LogP contribution in [0.4, 0.5) is 0 Å². The molecule has 2 aromatic heterocycles. The van der Waals surface area contributed by atoms with Crippen molar-refractivity contribution in [1.82, 2.24) is 14.0 Å². The van der Waals surface area contributed by atoms with Gasteiger partial charge in [0, 0.05) is 41.0 Å². The molecule has 0 aliphatic heterocycles. The zero-order valence-electron chi connectivity index (χ0n) is 19.9. The van der Waals surface area contributed by atoms with E-state index >= 15 is 0 Å². The van der Waals surface area contributed by atoms with Gasteiger partial charge in [0.1, 0.15) is 0 Å². The monoisotopic (exact) mass is 471 g/mol. The summed E-state index contributed by atoms with van der Waals surface area (Å²) >= 11 is 6.03. The zero-order chi connectivity index (χ0) is 23.8. The van der Waals surface area contributed by atoms with Gasteiger partial charge in [0.2, 0.25) is 5.78 Å². The summed E-state index contributed by atoms with van der Waals surface area (Å²) in [5, 5.41) is 0.654. The van der Waals surface area contributed by atoms with Crippen LogP contribution in [0.25, 0.3) is 17.0 Å². The number of nitrogens with zero attached hydrogens (tertiary/aromatic N) is 3. The van der Waals surface area contributed by atoms with E-state index in [4.69, 9.17) is 21.3 Å². The second kappa shape index (κ2) is 12.0. The van der Waals surface area contributed by atoms with Gasteiger partial charge in [-0.1, -0.05) is 63.3 Å². The fourth-order valence-electron chi connectivity index (χ4n) is 4.00. The number of benzene rings is 1. The molecule has 0 atom stereocenters. The Labute approximate surface area is 200 Å². The Kier molecular flexibility index (Phi) is 9.12. The normalized spacial score (nSPS) is 11.3. The number of carbonyl (C=O) groups is 1. The van der Waals surface area contributed by atoms with Gasteiger partial charge in [0.05, 0.1) is 12.3 Å². The van der Waals surface area contributed by atoms with E-state index in [9.17, 15) is 9.59 Å². The third-order valence-corrected chi connectivity index (χ3v) is 6.21. The van der Waals surface area contributed by atoms with E-state index in [0.29, 0.717) is 29.4 Å². The van der Waals surface area contributed by atoms with Gasteiger partial charge in [0.15, 0.2) is 0 Å². The van der Waals surface area contributed by atoms with Crippen LogP contribution in [-0.4, -0.2) is 26.5 Å². The Morgan fingerprint density at radius 2 is 1.76 bits per heavy atom. The molecule has 0 aliphatic carbocycles. The van der Waals surface area contributed by atoms with Crippen LogP contribution < -0.4 is 5.56 Å². The van der Waals surface area contributed by atoms with Crippen molar-refractivity contribution < 1.29 is 9.53 Å². The maximum absolute atomic E-state index is 13.4. The molecule has 0 radical (unpaired) electrons. The molecule has 3 aromatic rings. The van der Waals surface area contributed by atoms with E-state index in [1.807, 2.05) is 31.2 Å². The topological polar surface area (TPSA) is 65.6 Å². The molecule has 0 amide bonds. The lowest BCUT2D eigenvalue weighted by Crippen LogP contribution is -2.26. The highest BCUT2D eigenvalue weighted by molar-refractivity contribution is 6.30. The molecule has 0 bridgehead atoms. The fourth-order valence-corrected chi connectivity index (χ4v) is 4.12. The molecule has 2 heterocycles. The van der Waals surface area contributed by atoms with Crippen molar-refractivity contribution in [1.29, 1.82) is 0 Å². The van der Waals surface area contributed by atoms with Gasteiger partial charge in [-0.2, -0.15) is 0 Å². The lowest BCUT2D eigenvalue weighted by molar-refractivity contribution is -0.143. The van der Waals surface area contributed by atoms with Gasteiger partial charge in [-0.05, 0) is 38.3 Å². The van der Waals surface area contributed by atoms with Crippen molar-refractivity contribution in [3.05, 3.63) is 57.1 Å². The molecule has 0 fully saturated rings. The summed E-state index contributed by atoms with van der Waals surface area (Å²) in [6.07, 6.45) is 8.54. The number of fused-ring (bicyclic) bond motifs is 1. The van der Waals surface area contributed by atoms with E-state index < -0.39 is 0 Å². The van der Waals surface area contributed by atoms with Crippen LogP contribution in [0.5, 0.6) is 0 Å². The SMILES string of the molecule is CCCCCOC(=O)CCc1c(C)n(CCCCC)c2nc(-c3ccc(Cl)cc3)cn2c1=O. The van der Waals surface area contributed by atoms with E-state index in [2.05, 4.69) is 18.4 Å². The van der Waals surface area contributed by atoms with Crippen LogP contribution in [0.15, 0.2) is 35.3 Å². The summed E-state index contributed by atoms with van der Waals surface area (Å²) in [5.41, 5.74) is 3.01. The smallest absolute Gasteiger partial charge is 0.306 e. The molecular weight excluding hydrogens is 438 g/mol. The first-order valence-electron chi connectivity index (χ1n) is 12.0. The minimum absolute atomic E-state index is 0.124. The number of imidazole rings is 1. The number of halogens is 1. The Morgan fingerprint density at radius 3 is 2.45 bits per heavy atom. The average Bonchev–Trinajstić information content (AvgIpc) is 3.25. The molecule has 0 N–H and O–H groups in total. The van der Waals surface area contributed by atoms with Crippen LogP contribution in [0, 0.1) is 6.92 Å². The van der Waals surface area contributed by atoms with Crippen LogP contribution in [0.3, 0.4) is 0 Å². The molecule has 6 nitrogen and oxygen atoms in total. The zero-order valence-corrected chi connectivity index (χ0v) is 20.7. The third kappa shape index (κ3) is 6.26. The van der Waals surface area contributed by atoms with Crippen molar-refractivity contribution in [2.24, 2.45) is 0 Å². The number of carbonyl (C=O) groups excluding carboxylic acids is 1. The van der Waals surface area contributed by atoms with Crippen LogP contribution in [0.2, 0.25) is 5.02 Å². The Balaban J connectivity index is 1.93. The fraction of sp³-hybridized carbons (Fsp3) is 0.500. The Bertz CT molecular complexity index is 1130. The van der Waals surface area contributed by atoms with Crippen molar-refractivity contribution in [3.8, 4) is 11.3 Å². The highest BCUT2D eigenvalue weighted by atomic mass is 35.5. The number of aryl methyl sites for hydroxylation is 1. The first kappa shape index (κ1) is 25.0. The molecule has 0 aliphatic rings. The number of ether oxygens (including phenoxy) is 1. The summed E-state index contributed by atoms with van der Waals surface area (Å²) in [7, 11) is 0. The highest BCUT2D eigenvalue weighted by Gasteiger charge is 2.18. The van der Waals surface area contributed by atoms with Crippen LogP contribution >= 0.6 is 11.6 Å². The third-order valence-electron chi connectivity index (χ3n) is 5.96. The molecule has 33 heavy (non-hydrogen) atoms. The number of hydrogen-bond acceptors (Lipinski definition) is 4. The van der Waals surface area contributed by atoms with Gasteiger partial charge in [-0.15, -0.1) is 0 Å². The van der Waals surface area contributed by atoms with E-state index in [-0.39, 0.29) is 17.9 Å². The molecule has 0 unspecified atom stereocenters. The maximum Gasteiger partial charge on any atom is 0.306 e. The number of hydrogen-bond donors (Lipinski definition) is 0. The maximum atomic E-state index is 13.4. The summed E-state index contributed by atoms with van der Waals surface area (Å²) < 4.78 is 9.06. The summed E-state index contributed by atoms with van der Waals surface area (Å²) in [4.78, 5) is 30.4. The Hall–Kier alpha value is -2.60. The van der Waals surface area contributed by atoms with Crippen molar-refractivity contribution in [2.75, 3.05) is 6.61 Å². The van der Waals surface area contributed by atoms with E-state index in [1.165, 1.54) is 0 Å². The second-order valence-corrected chi connectivity index (χ2v) is 8.89. The van der Waals surface area contributed by atoms with Gasteiger partial charge in [-0.25, -0.2) is 4.98 Å². The second-order valence-electron chi connectivity index (χ2n) is 8.46. The number of rotatable bonds is 12.